The fourth-order valence-corrected chi connectivity index (χ4v) is 2.84. The summed E-state index contributed by atoms with van der Waals surface area (Å²) in [4.78, 5) is 0. The summed E-state index contributed by atoms with van der Waals surface area (Å²) in [5.41, 5.74) is 4.63. The third-order valence-corrected chi connectivity index (χ3v) is 4.07. The van der Waals surface area contributed by atoms with Gasteiger partial charge in [-0.2, -0.15) is 0 Å². The predicted octanol–water partition coefficient (Wildman–Crippen LogP) is 4.66. The van der Waals surface area contributed by atoms with Crippen LogP contribution in [0.1, 0.15) is 35.2 Å². The highest BCUT2D eigenvalue weighted by Gasteiger charge is 2.19. The maximum atomic E-state index is 6.47. The third-order valence-electron chi connectivity index (χ3n) is 3.74. The number of aryl methyl sites for hydroxylation is 2. The number of rotatable bonds is 5. The van der Waals surface area contributed by atoms with Gasteiger partial charge in [0.05, 0.1) is 12.6 Å². The molecule has 2 rings (SSSR count). The number of halogens is 1. The molecule has 2 nitrogen and oxygen atoms in total. The van der Waals surface area contributed by atoms with E-state index in [2.05, 4.69) is 31.3 Å². The van der Waals surface area contributed by atoms with E-state index in [1.54, 1.807) is 0 Å². The van der Waals surface area contributed by atoms with E-state index < -0.39 is 0 Å². The summed E-state index contributed by atoms with van der Waals surface area (Å²) < 4.78 is 5.75. The zero-order valence-electron chi connectivity index (χ0n) is 13.0. The molecule has 0 fully saturated rings. The average Bonchev–Trinajstić information content (AvgIpc) is 2.47. The monoisotopic (exact) mass is 303 g/mol. The molecule has 0 amide bonds. The summed E-state index contributed by atoms with van der Waals surface area (Å²) >= 11 is 6.47. The van der Waals surface area contributed by atoms with Crippen LogP contribution in [0.5, 0.6) is 5.75 Å². The molecule has 1 N–H and O–H groups in total. The van der Waals surface area contributed by atoms with Crippen LogP contribution in [0.4, 0.5) is 0 Å². The van der Waals surface area contributed by atoms with Gasteiger partial charge in [0.25, 0.3) is 0 Å². The first-order chi connectivity index (χ1) is 10.1. The summed E-state index contributed by atoms with van der Waals surface area (Å²) in [7, 11) is 1.94. The highest BCUT2D eigenvalue weighted by atomic mass is 35.5. The Morgan fingerprint density at radius 2 is 1.76 bits per heavy atom. The molecular weight excluding hydrogens is 282 g/mol. The quantitative estimate of drug-likeness (QED) is 0.867. The Kier molecular flexibility index (Phi) is 5.27. The van der Waals surface area contributed by atoms with Gasteiger partial charge < -0.3 is 10.1 Å². The molecular formula is C18H22ClNO. The molecule has 2 aromatic rings. The number of nitrogens with one attached hydrogen (secondary N) is 1. The van der Waals surface area contributed by atoms with Crippen LogP contribution in [0.2, 0.25) is 5.02 Å². The number of para-hydroxylation sites is 1. The van der Waals surface area contributed by atoms with Gasteiger partial charge >= 0.3 is 0 Å². The van der Waals surface area contributed by atoms with Gasteiger partial charge in [0.2, 0.25) is 0 Å². The van der Waals surface area contributed by atoms with Crippen molar-refractivity contribution in [1.29, 1.82) is 0 Å². The predicted molar refractivity (Wildman–Crippen MR) is 89.4 cm³/mol. The Bertz CT molecular complexity index is 625. The first-order valence-electron chi connectivity index (χ1n) is 7.24. The van der Waals surface area contributed by atoms with Crippen LogP contribution in [-0.2, 0) is 0 Å². The molecule has 0 aliphatic carbocycles. The van der Waals surface area contributed by atoms with Crippen LogP contribution in [-0.4, -0.2) is 13.7 Å². The molecule has 0 radical (unpaired) electrons. The molecule has 0 aliphatic rings. The van der Waals surface area contributed by atoms with Gasteiger partial charge in [0.15, 0.2) is 0 Å². The highest BCUT2D eigenvalue weighted by molar-refractivity contribution is 6.31. The molecule has 2 aromatic carbocycles. The minimum Gasteiger partial charge on any atom is -0.494 e. The van der Waals surface area contributed by atoms with E-state index >= 15 is 0 Å². The van der Waals surface area contributed by atoms with Crippen molar-refractivity contribution < 1.29 is 4.74 Å². The van der Waals surface area contributed by atoms with Gasteiger partial charge in [-0.3, -0.25) is 0 Å². The Hall–Kier alpha value is -1.51. The Morgan fingerprint density at radius 3 is 2.43 bits per heavy atom. The Labute approximate surface area is 132 Å². The standard InChI is InChI=1S/C18H22ClNO/c1-5-21-17-9-7-6-8-14(17)18(20-4)15-10-12(2)13(3)11-16(15)19/h6-11,18,20H,5H2,1-4H3. The molecule has 21 heavy (non-hydrogen) atoms. The van der Waals surface area contributed by atoms with E-state index in [0.29, 0.717) is 6.61 Å². The van der Waals surface area contributed by atoms with E-state index in [4.69, 9.17) is 16.3 Å². The van der Waals surface area contributed by atoms with Crippen LogP contribution >= 0.6 is 11.6 Å². The van der Waals surface area contributed by atoms with Crippen molar-refractivity contribution in [2.75, 3.05) is 13.7 Å². The number of ether oxygens (including phenoxy) is 1. The van der Waals surface area contributed by atoms with Crippen LogP contribution in [0, 0.1) is 13.8 Å². The smallest absolute Gasteiger partial charge is 0.124 e. The fraction of sp³-hybridized carbons (Fsp3) is 0.333. The second kappa shape index (κ2) is 6.97. The molecule has 0 aliphatic heterocycles. The lowest BCUT2D eigenvalue weighted by Crippen LogP contribution is -2.19. The van der Waals surface area contributed by atoms with Crippen LogP contribution in [0.15, 0.2) is 36.4 Å². The first kappa shape index (κ1) is 15.9. The molecule has 0 saturated carbocycles. The lowest BCUT2D eigenvalue weighted by Gasteiger charge is -2.22. The topological polar surface area (TPSA) is 21.3 Å². The Morgan fingerprint density at radius 1 is 1.10 bits per heavy atom. The zero-order valence-corrected chi connectivity index (χ0v) is 13.8. The van der Waals surface area contributed by atoms with E-state index in [-0.39, 0.29) is 6.04 Å². The molecule has 0 spiro atoms. The summed E-state index contributed by atoms with van der Waals surface area (Å²) in [6.45, 7) is 6.83. The van der Waals surface area contributed by atoms with Crippen molar-refractivity contribution in [3.05, 3.63) is 63.7 Å². The van der Waals surface area contributed by atoms with Gasteiger partial charge in [-0.1, -0.05) is 35.9 Å². The van der Waals surface area contributed by atoms with E-state index in [9.17, 15) is 0 Å². The summed E-state index contributed by atoms with van der Waals surface area (Å²) in [5.74, 6) is 0.897. The molecule has 1 unspecified atom stereocenters. The van der Waals surface area contributed by atoms with E-state index in [1.165, 1.54) is 11.1 Å². The van der Waals surface area contributed by atoms with Gasteiger partial charge in [-0.25, -0.2) is 0 Å². The second-order valence-corrected chi connectivity index (χ2v) is 5.56. The summed E-state index contributed by atoms with van der Waals surface area (Å²) in [6.07, 6.45) is 0. The van der Waals surface area contributed by atoms with Gasteiger partial charge in [-0.05, 0) is 56.6 Å². The highest BCUT2D eigenvalue weighted by Crippen LogP contribution is 2.34. The largest absolute Gasteiger partial charge is 0.494 e. The molecule has 0 saturated heterocycles. The minimum absolute atomic E-state index is 0.0135. The summed E-state index contributed by atoms with van der Waals surface area (Å²) in [6, 6.07) is 12.3. The zero-order chi connectivity index (χ0) is 15.4. The van der Waals surface area contributed by atoms with Crippen molar-refractivity contribution in [3.63, 3.8) is 0 Å². The minimum atomic E-state index is 0.0135. The average molecular weight is 304 g/mol. The first-order valence-corrected chi connectivity index (χ1v) is 7.61. The van der Waals surface area contributed by atoms with Gasteiger partial charge in [0, 0.05) is 10.6 Å². The van der Waals surface area contributed by atoms with Crippen molar-refractivity contribution in [1.82, 2.24) is 5.32 Å². The van der Waals surface area contributed by atoms with Crippen LogP contribution in [0.25, 0.3) is 0 Å². The van der Waals surface area contributed by atoms with Crippen molar-refractivity contribution in [3.8, 4) is 5.75 Å². The summed E-state index contributed by atoms with van der Waals surface area (Å²) in [5, 5.41) is 4.14. The molecule has 3 heteroatoms. The van der Waals surface area contributed by atoms with Gasteiger partial charge in [-0.15, -0.1) is 0 Å². The molecule has 0 heterocycles. The molecule has 0 aromatic heterocycles. The van der Waals surface area contributed by atoms with E-state index in [0.717, 1.165) is 21.9 Å². The number of benzene rings is 2. The van der Waals surface area contributed by atoms with Crippen molar-refractivity contribution in [2.45, 2.75) is 26.8 Å². The molecule has 0 bridgehead atoms. The van der Waals surface area contributed by atoms with E-state index in [1.807, 2.05) is 38.2 Å². The lowest BCUT2D eigenvalue weighted by atomic mass is 9.95. The van der Waals surface area contributed by atoms with Crippen LogP contribution in [0.3, 0.4) is 0 Å². The normalized spacial score (nSPS) is 12.2. The Balaban J connectivity index is 2.52. The molecule has 112 valence electrons. The van der Waals surface area contributed by atoms with Crippen molar-refractivity contribution in [2.24, 2.45) is 0 Å². The van der Waals surface area contributed by atoms with Crippen LogP contribution < -0.4 is 10.1 Å². The maximum Gasteiger partial charge on any atom is 0.124 e. The van der Waals surface area contributed by atoms with Crippen molar-refractivity contribution >= 4 is 11.6 Å². The fourth-order valence-electron chi connectivity index (χ4n) is 2.51. The SMILES string of the molecule is CCOc1ccccc1C(NC)c1cc(C)c(C)cc1Cl. The lowest BCUT2D eigenvalue weighted by molar-refractivity contribution is 0.334. The number of hydrogen-bond acceptors (Lipinski definition) is 2. The third kappa shape index (κ3) is 3.39. The molecule has 1 atom stereocenters. The second-order valence-electron chi connectivity index (χ2n) is 5.15. The maximum absolute atomic E-state index is 6.47. The number of hydrogen-bond donors (Lipinski definition) is 1. The van der Waals surface area contributed by atoms with Gasteiger partial charge in [0.1, 0.15) is 5.75 Å².